The Morgan fingerprint density at radius 1 is 1.27 bits per heavy atom. The standard InChI is InChI=1S/C11H12/c1-2-9-8-11(9)10-6-4-3-5-7-10/h2-7,9,11H,1,8H2/t9-,11?/m0/s1. The van der Waals surface area contributed by atoms with Crippen LogP contribution in [0.2, 0.25) is 0 Å². The van der Waals surface area contributed by atoms with E-state index in [1.165, 1.54) is 12.0 Å². The first-order valence-corrected chi connectivity index (χ1v) is 4.09. The average molecular weight is 144 g/mol. The van der Waals surface area contributed by atoms with Crippen molar-refractivity contribution in [2.45, 2.75) is 12.3 Å². The third-order valence-corrected chi connectivity index (χ3v) is 2.37. The highest BCUT2D eigenvalue weighted by Gasteiger charge is 2.35. The molecule has 1 aliphatic rings. The van der Waals surface area contributed by atoms with Crippen molar-refractivity contribution in [2.75, 3.05) is 0 Å². The molecule has 1 fully saturated rings. The van der Waals surface area contributed by atoms with Crippen molar-refractivity contribution in [3.63, 3.8) is 0 Å². The van der Waals surface area contributed by atoms with Gasteiger partial charge in [0.2, 0.25) is 0 Å². The average Bonchev–Trinajstić information content (AvgIpc) is 2.85. The first-order valence-electron chi connectivity index (χ1n) is 4.09. The summed E-state index contributed by atoms with van der Waals surface area (Å²) in [5.41, 5.74) is 1.47. The molecule has 0 spiro atoms. The summed E-state index contributed by atoms with van der Waals surface area (Å²) in [4.78, 5) is 0. The van der Waals surface area contributed by atoms with Gasteiger partial charge >= 0.3 is 0 Å². The lowest BCUT2D eigenvalue weighted by molar-refractivity contribution is 1.01. The van der Waals surface area contributed by atoms with E-state index in [4.69, 9.17) is 0 Å². The number of allylic oxidation sites excluding steroid dienone is 1. The zero-order valence-corrected chi connectivity index (χ0v) is 6.53. The Morgan fingerprint density at radius 2 is 2.00 bits per heavy atom. The Balaban J connectivity index is 2.14. The highest BCUT2D eigenvalue weighted by Crippen LogP contribution is 2.47. The lowest BCUT2D eigenvalue weighted by atomic mass is 10.1. The Bertz CT molecular complexity index is 248. The van der Waals surface area contributed by atoms with Gasteiger partial charge in [-0.2, -0.15) is 0 Å². The van der Waals surface area contributed by atoms with Crippen LogP contribution in [-0.2, 0) is 0 Å². The molecule has 0 amide bonds. The second-order valence-electron chi connectivity index (χ2n) is 3.15. The van der Waals surface area contributed by atoms with Crippen LogP contribution in [0.3, 0.4) is 0 Å². The predicted octanol–water partition coefficient (Wildman–Crippen LogP) is 2.98. The van der Waals surface area contributed by atoms with Gasteiger partial charge in [0.1, 0.15) is 0 Å². The Labute approximate surface area is 67.6 Å². The summed E-state index contributed by atoms with van der Waals surface area (Å²) < 4.78 is 0. The number of benzene rings is 1. The van der Waals surface area contributed by atoms with Crippen LogP contribution in [0.1, 0.15) is 17.9 Å². The van der Waals surface area contributed by atoms with Gasteiger partial charge in [0, 0.05) is 0 Å². The third kappa shape index (κ3) is 1.21. The zero-order chi connectivity index (χ0) is 7.68. The molecule has 0 heteroatoms. The maximum atomic E-state index is 3.80. The molecule has 1 aromatic carbocycles. The van der Waals surface area contributed by atoms with E-state index in [2.05, 4.69) is 43.0 Å². The molecule has 0 heterocycles. The van der Waals surface area contributed by atoms with Crippen LogP contribution in [0, 0.1) is 5.92 Å². The fourth-order valence-electron chi connectivity index (χ4n) is 1.56. The summed E-state index contributed by atoms with van der Waals surface area (Å²) in [6, 6.07) is 10.7. The van der Waals surface area contributed by atoms with Gasteiger partial charge in [-0.15, -0.1) is 6.58 Å². The Morgan fingerprint density at radius 3 is 2.55 bits per heavy atom. The van der Waals surface area contributed by atoms with Crippen LogP contribution in [-0.4, -0.2) is 0 Å². The van der Waals surface area contributed by atoms with Gasteiger partial charge in [-0.1, -0.05) is 36.4 Å². The molecule has 11 heavy (non-hydrogen) atoms. The van der Waals surface area contributed by atoms with Crippen molar-refractivity contribution in [3.8, 4) is 0 Å². The minimum Gasteiger partial charge on any atom is -0.103 e. The fourth-order valence-corrected chi connectivity index (χ4v) is 1.56. The van der Waals surface area contributed by atoms with E-state index in [-0.39, 0.29) is 0 Å². The van der Waals surface area contributed by atoms with E-state index in [0.717, 1.165) is 11.8 Å². The van der Waals surface area contributed by atoms with Crippen molar-refractivity contribution < 1.29 is 0 Å². The molecule has 0 N–H and O–H groups in total. The van der Waals surface area contributed by atoms with Crippen LogP contribution in [0.5, 0.6) is 0 Å². The smallest absolute Gasteiger partial charge is 0.00931 e. The van der Waals surface area contributed by atoms with Crippen molar-refractivity contribution in [3.05, 3.63) is 48.6 Å². The van der Waals surface area contributed by atoms with Crippen LogP contribution >= 0.6 is 0 Å². The molecule has 1 aromatic rings. The zero-order valence-electron chi connectivity index (χ0n) is 6.53. The quantitative estimate of drug-likeness (QED) is 0.560. The highest BCUT2D eigenvalue weighted by molar-refractivity contribution is 5.27. The maximum Gasteiger partial charge on any atom is -0.00931 e. The molecule has 0 nitrogen and oxygen atoms in total. The normalized spacial score (nSPS) is 28.0. The second-order valence-corrected chi connectivity index (χ2v) is 3.15. The minimum atomic E-state index is 0.748. The SMILES string of the molecule is C=C[C@H]1CC1c1ccccc1. The van der Waals surface area contributed by atoms with E-state index in [9.17, 15) is 0 Å². The Hall–Kier alpha value is -1.04. The van der Waals surface area contributed by atoms with Crippen LogP contribution in [0.15, 0.2) is 43.0 Å². The molecule has 1 saturated carbocycles. The largest absolute Gasteiger partial charge is 0.103 e. The number of hydrogen-bond donors (Lipinski definition) is 0. The molecule has 2 atom stereocenters. The minimum absolute atomic E-state index is 0.748. The van der Waals surface area contributed by atoms with Crippen LogP contribution in [0.25, 0.3) is 0 Å². The van der Waals surface area contributed by atoms with E-state index in [1.807, 2.05) is 0 Å². The fraction of sp³-hybridized carbons (Fsp3) is 0.273. The van der Waals surface area contributed by atoms with E-state index in [0.29, 0.717) is 0 Å². The van der Waals surface area contributed by atoms with Gasteiger partial charge in [0.25, 0.3) is 0 Å². The monoisotopic (exact) mass is 144 g/mol. The molecule has 1 aliphatic carbocycles. The topological polar surface area (TPSA) is 0 Å². The Kier molecular flexibility index (Phi) is 1.54. The third-order valence-electron chi connectivity index (χ3n) is 2.37. The van der Waals surface area contributed by atoms with Gasteiger partial charge < -0.3 is 0 Å². The summed E-state index contributed by atoms with van der Waals surface area (Å²) in [7, 11) is 0. The predicted molar refractivity (Wildman–Crippen MR) is 47.5 cm³/mol. The van der Waals surface area contributed by atoms with Crippen molar-refractivity contribution in [1.29, 1.82) is 0 Å². The molecule has 2 rings (SSSR count). The molecule has 1 unspecified atom stereocenters. The molecular weight excluding hydrogens is 132 g/mol. The first kappa shape index (κ1) is 6.66. The van der Waals surface area contributed by atoms with Crippen molar-refractivity contribution in [1.82, 2.24) is 0 Å². The van der Waals surface area contributed by atoms with Gasteiger partial charge in [-0.3, -0.25) is 0 Å². The maximum absolute atomic E-state index is 3.80. The van der Waals surface area contributed by atoms with E-state index < -0.39 is 0 Å². The van der Waals surface area contributed by atoms with E-state index in [1.54, 1.807) is 0 Å². The number of hydrogen-bond acceptors (Lipinski definition) is 0. The second kappa shape index (κ2) is 2.54. The molecule has 0 aliphatic heterocycles. The van der Waals surface area contributed by atoms with Gasteiger partial charge in [-0.25, -0.2) is 0 Å². The summed E-state index contributed by atoms with van der Waals surface area (Å²) >= 11 is 0. The molecule has 0 radical (unpaired) electrons. The molecular formula is C11H12. The lowest BCUT2D eigenvalue weighted by Crippen LogP contribution is -1.78. The van der Waals surface area contributed by atoms with Crippen molar-refractivity contribution >= 4 is 0 Å². The lowest BCUT2D eigenvalue weighted by Gasteiger charge is -1.95. The van der Waals surface area contributed by atoms with Gasteiger partial charge in [0.15, 0.2) is 0 Å². The van der Waals surface area contributed by atoms with Crippen molar-refractivity contribution in [2.24, 2.45) is 5.92 Å². The molecule has 0 aromatic heterocycles. The summed E-state index contributed by atoms with van der Waals surface area (Å²) in [6.45, 7) is 3.80. The van der Waals surface area contributed by atoms with Gasteiger partial charge in [0.05, 0.1) is 0 Å². The highest BCUT2D eigenvalue weighted by atomic mass is 14.4. The number of rotatable bonds is 2. The molecule has 56 valence electrons. The van der Waals surface area contributed by atoms with Crippen LogP contribution < -0.4 is 0 Å². The molecule has 0 bridgehead atoms. The van der Waals surface area contributed by atoms with Crippen LogP contribution in [0.4, 0.5) is 0 Å². The first-order chi connectivity index (χ1) is 5.42. The van der Waals surface area contributed by atoms with E-state index >= 15 is 0 Å². The van der Waals surface area contributed by atoms with Gasteiger partial charge in [-0.05, 0) is 23.8 Å². The summed E-state index contributed by atoms with van der Waals surface area (Å²) in [5, 5.41) is 0. The summed E-state index contributed by atoms with van der Waals surface area (Å²) in [6.07, 6.45) is 3.37. The summed E-state index contributed by atoms with van der Waals surface area (Å²) in [5.74, 6) is 1.52. The molecule has 0 saturated heterocycles.